The molecule has 10 heteroatoms. The van der Waals surface area contributed by atoms with Gasteiger partial charge in [0.1, 0.15) is 21.7 Å². The molecule has 6 nitrogen and oxygen atoms in total. The molecule has 3 aromatic carbocycles. The van der Waals surface area contributed by atoms with Gasteiger partial charge in [-0.05, 0) is 67.1 Å². The van der Waals surface area contributed by atoms with Crippen molar-refractivity contribution in [2.75, 3.05) is 4.72 Å². The first-order valence-electron chi connectivity index (χ1n) is 8.19. The van der Waals surface area contributed by atoms with Crippen LogP contribution in [0.25, 0.3) is 4.72 Å². The number of rotatable bonds is 6. The Morgan fingerprint density at radius 1 is 0.759 bits per heavy atom. The van der Waals surface area contributed by atoms with E-state index in [4.69, 9.17) is 0 Å². The van der Waals surface area contributed by atoms with E-state index in [1.165, 1.54) is 12.1 Å². The highest BCUT2D eigenvalue weighted by Gasteiger charge is 2.16. The van der Waals surface area contributed by atoms with Crippen LogP contribution in [0.15, 0.2) is 76.5 Å². The van der Waals surface area contributed by atoms with E-state index in [1.807, 2.05) is 0 Å². The fourth-order valence-corrected chi connectivity index (χ4v) is 4.49. The Morgan fingerprint density at radius 2 is 1.28 bits per heavy atom. The number of anilines is 1. The maximum Gasteiger partial charge on any atom is 0.261 e. The van der Waals surface area contributed by atoms with Crippen molar-refractivity contribution in [2.45, 2.75) is 16.7 Å². The zero-order valence-electron chi connectivity index (χ0n) is 15.0. The average Bonchev–Trinajstić information content (AvgIpc) is 2.64. The van der Waals surface area contributed by atoms with Crippen molar-refractivity contribution < 1.29 is 25.6 Å². The van der Waals surface area contributed by atoms with Crippen LogP contribution >= 0.6 is 0 Å². The predicted octanol–water partition coefficient (Wildman–Crippen LogP) is 4.47. The molecular weight excluding hydrogens is 422 g/mol. The van der Waals surface area contributed by atoms with Crippen molar-refractivity contribution in [3.8, 4) is 0 Å². The van der Waals surface area contributed by atoms with E-state index in [-0.39, 0.29) is 21.2 Å². The van der Waals surface area contributed by atoms with Gasteiger partial charge in [-0.2, -0.15) is 0 Å². The number of aryl methyl sites for hydroxylation is 1. The van der Waals surface area contributed by atoms with Gasteiger partial charge in [0.2, 0.25) is 0 Å². The quantitative estimate of drug-likeness (QED) is 0.616. The van der Waals surface area contributed by atoms with Crippen molar-refractivity contribution in [1.82, 2.24) is 0 Å². The molecule has 0 bridgehead atoms. The van der Waals surface area contributed by atoms with Gasteiger partial charge >= 0.3 is 0 Å². The highest BCUT2D eigenvalue weighted by molar-refractivity contribution is 7.94. The number of nitrogens with one attached hydrogen (secondary N) is 1. The fourth-order valence-electron chi connectivity index (χ4n) is 2.42. The number of hydrogen-bond donors (Lipinski definition) is 1. The second-order valence-electron chi connectivity index (χ2n) is 6.10. The van der Waals surface area contributed by atoms with E-state index in [2.05, 4.69) is 9.44 Å². The summed E-state index contributed by atoms with van der Waals surface area (Å²) in [5.74, 6) is -1.20. The zero-order valence-corrected chi connectivity index (χ0v) is 16.6. The molecule has 0 radical (unpaired) electrons. The molecule has 0 aliphatic carbocycles. The summed E-state index contributed by atoms with van der Waals surface area (Å²) in [6.45, 7) is 1.69. The third-order valence-electron chi connectivity index (χ3n) is 3.85. The molecular formula is C19H15F2N2O4S2-. The number of benzene rings is 3. The molecule has 1 N–H and O–H groups in total. The number of sulfonamides is 2. The van der Waals surface area contributed by atoms with Gasteiger partial charge in [0, 0.05) is 5.69 Å². The Balaban J connectivity index is 1.96. The first kappa shape index (κ1) is 20.7. The Hall–Kier alpha value is -2.98. The molecule has 0 saturated heterocycles. The van der Waals surface area contributed by atoms with Gasteiger partial charge in [-0.3, -0.25) is 4.72 Å². The normalized spacial score (nSPS) is 11.8. The van der Waals surface area contributed by atoms with Crippen molar-refractivity contribution in [2.24, 2.45) is 0 Å². The summed E-state index contributed by atoms with van der Waals surface area (Å²) < 4.78 is 82.3. The van der Waals surface area contributed by atoms with Crippen molar-refractivity contribution in [3.63, 3.8) is 0 Å². The lowest BCUT2D eigenvalue weighted by Crippen LogP contribution is -2.13. The third-order valence-corrected chi connectivity index (χ3v) is 6.54. The van der Waals surface area contributed by atoms with Crippen LogP contribution in [0.2, 0.25) is 0 Å². The highest BCUT2D eigenvalue weighted by atomic mass is 32.2. The molecule has 0 heterocycles. The van der Waals surface area contributed by atoms with Crippen LogP contribution in [0.1, 0.15) is 5.56 Å². The maximum absolute atomic E-state index is 13.1. The Labute approximate surface area is 167 Å². The average molecular weight is 437 g/mol. The van der Waals surface area contributed by atoms with Crippen LogP contribution in [-0.4, -0.2) is 16.8 Å². The molecule has 29 heavy (non-hydrogen) atoms. The largest absolute Gasteiger partial charge is 0.571 e. The van der Waals surface area contributed by atoms with E-state index >= 15 is 0 Å². The van der Waals surface area contributed by atoms with Crippen molar-refractivity contribution in [3.05, 3.63) is 88.7 Å². The third kappa shape index (κ3) is 4.90. The smallest absolute Gasteiger partial charge is 0.261 e. The second kappa shape index (κ2) is 7.80. The van der Waals surface area contributed by atoms with Gasteiger partial charge in [0.15, 0.2) is 0 Å². The highest BCUT2D eigenvalue weighted by Crippen LogP contribution is 2.36. The molecule has 0 aliphatic rings. The van der Waals surface area contributed by atoms with Crippen molar-refractivity contribution in [1.29, 1.82) is 0 Å². The lowest BCUT2D eigenvalue weighted by atomic mass is 10.2. The summed E-state index contributed by atoms with van der Waals surface area (Å²) in [7, 11) is -8.33. The number of halogens is 2. The van der Waals surface area contributed by atoms with Gasteiger partial charge in [-0.1, -0.05) is 12.1 Å². The molecule has 0 fully saturated rings. The summed E-state index contributed by atoms with van der Waals surface area (Å²) in [5, 5.41) is 0. The first-order chi connectivity index (χ1) is 13.6. The fraction of sp³-hybridized carbons (Fsp3) is 0.0526. The summed E-state index contributed by atoms with van der Waals surface area (Å²) >= 11 is 0. The van der Waals surface area contributed by atoms with Gasteiger partial charge in [-0.25, -0.2) is 25.6 Å². The van der Waals surface area contributed by atoms with Crippen LogP contribution in [0.4, 0.5) is 20.2 Å². The molecule has 0 aromatic heterocycles. The van der Waals surface area contributed by atoms with E-state index < -0.39 is 31.7 Å². The Morgan fingerprint density at radius 3 is 1.83 bits per heavy atom. The topological polar surface area (TPSA) is 94.4 Å². The predicted molar refractivity (Wildman–Crippen MR) is 105 cm³/mol. The molecule has 0 unspecified atom stereocenters. The van der Waals surface area contributed by atoms with E-state index in [1.54, 1.807) is 13.0 Å². The van der Waals surface area contributed by atoms with Crippen LogP contribution in [0, 0.1) is 18.6 Å². The van der Waals surface area contributed by atoms with E-state index in [9.17, 15) is 25.6 Å². The molecule has 0 saturated carbocycles. The van der Waals surface area contributed by atoms with Gasteiger partial charge in [0.25, 0.3) is 10.0 Å². The lowest BCUT2D eigenvalue weighted by molar-refractivity contribution is 0.598. The molecule has 0 aliphatic heterocycles. The van der Waals surface area contributed by atoms with Crippen LogP contribution in [0.5, 0.6) is 0 Å². The lowest BCUT2D eigenvalue weighted by Gasteiger charge is -2.26. The molecule has 152 valence electrons. The summed E-state index contributed by atoms with van der Waals surface area (Å²) in [6, 6.07) is 12.6. The summed E-state index contributed by atoms with van der Waals surface area (Å²) in [4.78, 5) is -0.445. The first-order valence-corrected chi connectivity index (χ1v) is 11.1. The zero-order chi connectivity index (χ0) is 21.2. The standard InChI is InChI=1S/C19H15F2N2O4S2/c1-13-2-11-18(22-28(24,25)16-7-3-14(20)4-8-16)19(12-13)23-29(26,27)17-9-5-15(21)6-10-17/h2-12,23H,1H3/q-1. The van der Waals surface area contributed by atoms with Crippen LogP contribution in [-0.2, 0) is 20.0 Å². The molecule has 0 amide bonds. The van der Waals surface area contributed by atoms with Crippen molar-refractivity contribution >= 4 is 31.4 Å². The number of nitrogens with zero attached hydrogens (tertiary/aromatic N) is 1. The minimum absolute atomic E-state index is 0.0694. The van der Waals surface area contributed by atoms with Gasteiger partial charge in [0.05, 0.1) is 9.79 Å². The summed E-state index contributed by atoms with van der Waals surface area (Å²) in [5.41, 5.74) is 0.436. The minimum Gasteiger partial charge on any atom is -0.571 e. The second-order valence-corrected chi connectivity index (χ2v) is 9.39. The van der Waals surface area contributed by atoms with Gasteiger partial charge < -0.3 is 4.72 Å². The number of hydrogen-bond acceptors (Lipinski definition) is 4. The van der Waals surface area contributed by atoms with Crippen LogP contribution < -0.4 is 4.72 Å². The van der Waals surface area contributed by atoms with Gasteiger partial charge in [-0.15, -0.1) is 5.69 Å². The summed E-state index contributed by atoms with van der Waals surface area (Å²) in [6.07, 6.45) is 0. The van der Waals surface area contributed by atoms with Crippen LogP contribution in [0.3, 0.4) is 0 Å². The molecule has 0 atom stereocenters. The Kier molecular flexibility index (Phi) is 5.58. The Bertz CT molecular complexity index is 1240. The SMILES string of the molecule is Cc1ccc([N-]S(=O)(=O)c2ccc(F)cc2)c(NS(=O)(=O)c2ccc(F)cc2)c1. The van der Waals surface area contributed by atoms with E-state index in [0.717, 1.165) is 48.5 Å². The minimum atomic E-state index is -4.22. The monoisotopic (exact) mass is 437 g/mol. The molecule has 3 aromatic rings. The maximum atomic E-state index is 13.1. The molecule has 0 spiro atoms. The van der Waals surface area contributed by atoms with E-state index in [0.29, 0.717) is 5.56 Å². The molecule has 3 rings (SSSR count).